The molecule has 1 unspecified atom stereocenters. The number of carbonyl (C=O) groups is 1. The molecule has 0 radical (unpaired) electrons. The largest absolute Gasteiger partial charge is 0.339 e. The van der Waals surface area contributed by atoms with Crippen molar-refractivity contribution in [2.45, 2.75) is 18.2 Å². The van der Waals surface area contributed by atoms with Crippen molar-refractivity contribution in [3.05, 3.63) is 65.7 Å². The van der Waals surface area contributed by atoms with Crippen LogP contribution in [0.3, 0.4) is 0 Å². The normalized spacial score (nSPS) is 11.9. The SMILES string of the molecule is CCN(CCc1ccccc1)C(=O)c1ccc(S(C)=O)cc1. The fourth-order valence-corrected chi connectivity index (χ4v) is 2.80. The van der Waals surface area contributed by atoms with Crippen LogP contribution in [0.5, 0.6) is 0 Å². The first-order chi connectivity index (χ1) is 10.6. The maximum atomic E-state index is 12.5. The predicted octanol–water partition coefficient (Wildman–Crippen LogP) is 3.13. The summed E-state index contributed by atoms with van der Waals surface area (Å²) in [7, 11) is -1.02. The first-order valence-corrected chi connectivity index (χ1v) is 8.94. The number of hydrogen-bond donors (Lipinski definition) is 0. The average Bonchev–Trinajstić information content (AvgIpc) is 2.56. The number of rotatable bonds is 6. The Morgan fingerprint density at radius 1 is 1.05 bits per heavy atom. The Kier molecular flexibility index (Phi) is 5.90. The van der Waals surface area contributed by atoms with Crippen LogP contribution in [0, 0.1) is 0 Å². The molecule has 2 aromatic rings. The molecule has 0 aliphatic heterocycles. The molecule has 0 bridgehead atoms. The second kappa shape index (κ2) is 7.90. The molecule has 0 aliphatic rings. The number of amides is 1. The van der Waals surface area contributed by atoms with Gasteiger partial charge in [-0.3, -0.25) is 9.00 Å². The van der Waals surface area contributed by atoms with Crippen molar-refractivity contribution in [2.24, 2.45) is 0 Å². The van der Waals surface area contributed by atoms with Crippen LogP contribution in [0.25, 0.3) is 0 Å². The summed E-state index contributed by atoms with van der Waals surface area (Å²) in [6, 6.07) is 17.2. The lowest BCUT2D eigenvalue weighted by Gasteiger charge is -2.21. The Balaban J connectivity index is 2.03. The number of nitrogens with zero attached hydrogens (tertiary/aromatic N) is 1. The molecule has 0 spiro atoms. The summed E-state index contributed by atoms with van der Waals surface area (Å²) in [5.41, 5.74) is 1.87. The van der Waals surface area contributed by atoms with Gasteiger partial charge in [-0.2, -0.15) is 0 Å². The molecule has 0 aliphatic carbocycles. The molecule has 2 rings (SSSR count). The van der Waals surface area contributed by atoms with Crippen molar-refractivity contribution in [3.63, 3.8) is 0 Å². The van der Waals surface area contributed by atoms with E-state index in [-0.39, 0.29) is 5.91 Å². The smallest absolute Gasteiger partial charge is 0.253 e. The molecule has 1 amide bonds. The van der Waals surface area contributed by atoms with Gasteiger partial charge in [0.2, 0.25) is 0 Å². The Morgan fingerprint density at radius 2 is 1.68 bits per heavy atom. The predicted molar refractivity (Wildman–Crippen MR) is 90.5 cm³/mol. The zero-order valence-electron chi connectivity index (χ0n) is 13.0. The molecular formula is C18H21NO2S. The lowest BCUT2D eigenvalue weighted by atomic mass is 10.1. The molecule has 4 heteroatoms. The molecule has 0 saturated carbocycles. The Morgan fingerprint density at radius 3 is 2.23 bits per heavy atom. The second-order valence-corrected chi connectivity index (χ2v) is 6.48. The first kappa shape index (κ1) is 16.4. The van der Waals surface area contributed by atoms with Crippen LogP contribution in [-0.2, 0) is 17.2 Å². The van der Waals surface area contributed by atoms with Crippen LogP contribution in [0.1, 0.15) is 22.8 Å². The van der Waals surface area contributed by atoms with Crippen molar-refractivity contribution in [2.75, 3.05) is 19.3 Å². The summed E-state index contributed by atoms with van der Waals surface area (Å²) in [6.07, 6.45) is 2.48. The lowest BCUT2D eigenvalue weighted by Crippen LogP contribution is -2.32. The molecule has 2 aromatic carbocycles. The third kappa shape index (κ3) is 4.28. The van der Waals surface area contributed by atoms with E-state index in [0.717, 1.165) is 11.3 Å². The van der Waals surface area contributed by atoms with Crippen LogP contribution >= 0.6 is 0 Å². The van der Waals surface area contributed by atoms with E-state index in [0.29, 0.717) is 18.7 Å². The van der Waals surface area contributed by atoms with E-state index in [1.165, 1.54) is 5.56 Å². The van der Waals surface area contributed by atoms with Crippen molar-refractivity contribution in [1.29, 1.82) is 0 Å². The van der Waals surface area contributed by atoms with Gasteiger partial charge in [-0.25, -0.2) is 0 Å². The third-order valence-electron chi connectivity index (χ3n) is 3.62. The van der Waals surface area contributed by atoms with Crippen LogP contribution in [0.4, 0.5) is 0 Å². The first-order valence-electron chi connectivity index (χ1n) is 7.38. The van der Waals surface area contributed by atoms with Crippen molar-refractivity contribution < 1.29 is 9.00 Å². The van der Waals surface area contributed by atoms with Gasteiger partial charge in [0, 0.05) is 40.6 Å². The van der Waals surface area contributed by atoms with Gasteiger partial charge in [0.05, 0.1) is 0 Å². The third-order valence-corrected chi connectivity index (χ3v) is 4.55. The van der Waals surface area contributed by atoms with E-state index in [1.54, 1.807) is 30.5 Å². The molecule has 3 nitrogen and oxygen atoms in total. The van der Waals surface area contributed by atoms with Crippen molar-refractivity contribution in [3.8, 4) is 0 Å². The minimum atomic E-state index is -1.02. The maximum Gasteiger partial charge on any atom is 0.253 e. The van der Waals surface area contributed by atoms with E-state index >= 15 is 0 Å². The van der Waals surface area contributed by atoms with E-state index in [1.807, 2.05) is 30.0 Å². The second-order valence-electron chi connectivity index (χ2n) is 5.10. The van der Waals surface area contributed by atoms with Gasteiger partial charge in [-0.05, 0) is 43.2 Å². The summed E-state index contributed by atoms with van der Waals surface area (Å²) in [4.78, 5) is 15.1. The fraction of sp³-hybridized carbons (Fsp3) is 0.278. The molecule has 1 atom stereocenters. The number of benzene rings is 2. The molecule has 0 saturated heterocycles. The van der Waals surface area contributed by atoms with Gasteiger partial charge < -0.3 is 4.90 Å². The summed E-state index contributed by atoms with van der Waals surface area (Å²) >= 11 is 0. The van der Waals surface area contributed by atoms with E-state index < -0.39 is 10.8 Å². The van der Waals surface area contributed by atoms with E-state index in [4.69, 9.17) is 0 Å². The van der Waals surface area contributed by atoms with Gasteiger partial charge in [-0.15, -0.1) is 0 Å². The van der Waals surface area contributed by atoms with Crippen LogP contribution in [0.2, 0.25) is 0 Å². The summed E-state index contributed by atoms with van der Waals surface area (Å²) in [6.45, 7) is 3.35. The standard InChI is InChI=1S/C18H21NO2S/c1-3-19(14-13-15-7-5-4-6-8-15)18(20)16-9-11-17(12-10-16)22(2)21/h4-12H,3,13-14H2,1-2H3. The Bertz CT molecular complexity index is 638. The highest BCUT2D eigenvalue weighted by Gasteiger charge is 2.14. The fourth-order valence-electron chi connectivity index (χ4n) is 2.28. The molecule has 22 heavy (non-hydrogen) atoms. The zero-order chi connectivity index (χ0) is 15.9. The average molecular weight is 315 g/mol. The van der Waals surface area contributed by atoms with Crippen LogP contribution < -0.4 is 0 Å². The molecule has 0 N–H and O–H groups in total. The van der Waals surface area contributed by atoms with Gasteiger partial charge >= 0.3 is 0 Å². The molecular weight excluding hydrogens is 294 g/mol. The zero-order valence-corrected chi connectivity index (χ0v) is 13.8. The minimum Gasteiger partial charge on any atom is -0.339 e. The van der Waals surface area contributed by atoms with Gasteiger partial charge in [-0.1, -0.05) is 30.3 Å². The summed E-state index contributed by atoms with van der Waals surface area (Å²) < 4.78 is 11.4. The highest BCUT2D eigenvalue weighted by atomic mass is 32.2. The number of hydrogen-bond acceptors (Lipinski definition) is 2. The lowest BCUT2D eigenvalue weighted by molar-refractivity contribution is 0.0766. The van der Waals surface area contributed by atoms with Crippen molar-refractivity contribution in [1.82, 2.24) is 4.90 Å². The van der Waals surface area contributed by atoms with Gasteiger partial charge in [0.15, 0.2) is 0 Å². The molecule has 116 valence electrons. The molecule has 0 aromatic heterocycles. The van der Waals surface area contributed by atoms with Gasteiger partial charge in [0.25, 0.3) is 5.91 Å². The number of carbonyl (C=O) groups excluding carboxylic acids is 1. The topological polar surface area (TPSA) is 37.4 Å². The summed E-state index contributed by atoms with van der Waals surface area (Å²) in [5, 5.41) is 0. The maximum absolute atomic E-state index is 12.5. The Labute approximate surface area is 134 Å². The highest BCUT2D eigenvalue weighted by Crippen LogP contribution is 2.11. The monoisotopic (exact) mass is 315 g/mol. The van der Waals surface area contributed by atoms with Crippen LogP contribution in [0.15, 0.2) is 59.5 Å². The van der Waals surface area contributed by atoms with E-state index in [9.17, 15) is 9.00 Å². The Hall–Kier alpha value is -1.94. The van der Waals surface area contributed by atoms with Gasteiger partial charge in [0.1, 0.15) is 0 Å². The highest BCUT2D eigenvalue weighted by molar-refractivity contribution is 7.84. The molecule has 0 heterocycles. The van der Waals surface area contributed by atoms with Crippen LogP contribution in [-0.4, -0.2) is 34.4 Å². The quantitative estimate of drug-likeness (QED) is 0.821. The number of likely N-dealkylation sites (N-methyl/N-ethyl adjacent to an activating group) is 1. The van der Waals surface area contributed by atoms with Crippen molar-refractivity contribution >= 4 is 16.7 Å². The summed E-state index contributed by atoms with van der Waals surface area (Å²) in [5.74, 6) is 0.0202. The molecule has 0 fully saturated rings. The minimum absolute atomic E-state index is 0.0202. The van der Waals surface area contributed by atoms with E-state index in [2.05, 4.69) is 12.1 Å².